The lowest BCUT2D eigenvalue weighted by atomic mass is 9.94. The van der Waals surface area contributed by atoms with Gasteiger partial charge in [-0.05, 0) is 113 Å². The molecule has 2 aliphatic rings. The number of carbonyl (C=O) groups excluding carboxylic acids is 2. The molecule has 4 aromatic rings. The Labute approximate surface area is 269 Å². The minimum Gasteiger partial charge on any atom is -0.496 e. The number of hydrogen-bond donors (Lipinski definition) is 2. The number of methoxy groups -OCH3 is 2. The number of hydrogen-bond acceptors (Lipinski definition) is 5. The Kier molecular flexibility index (Phi) is 9.37. The number of fused-ring (bicyclic) bond motifs is 2. The van der Waals surface area contributed by atoms with Crippen LogP contribution in [0.5, 0.6) is 11.5 Å². The zero-order chi connectivity index (χ0) is 33.1. The number of aryl methyl sites for hydroxylation is 1. The maximum Gasteiger partial charge on any atom is 0.257 e. The number of nitrogens with one attached hydrogen (secondary N) is 2. The highest BCUT2D eigenvalue weighted by atomic mass is 19.1. The lowest BCUT2D eigenvalue weighted by Crippen LogP contribution is -2.04. The molecular formula is C38H38FN3O4. The van der Waals surface area contributed by atoms with Crippen LogP contribution in [-0.2, 0) is 9.59 Å². The van der Waals surface area contributed by atoms with Crippen LogP contribution in [0.15, 0.2) is 66.9 Å². The van der Waals surface area contributed by atoms with E-state index >= 15 is 0 Å². The van der Waals surface area contributed by atoms with Crippen molar-refractivity contribution in [2.45, 2.75) is 46.5 Å². The number of aromatic nitrogens is 1. The molecule has 236 valence electrons. The molecule has 0 fully saturated rings. The molecule has 0 bridgehead atoms. The summed E-state index contributed by atoms with van der Waals surface area (Å²) < 4.78 is 24.3. The number of halogens is 1. The number of rotatable bonds is 6. The first-order valence-electron chi connectivity index (χ1n) is 15.2. The van der Waals surface area contributed by atoms with Crippen LogP contribution in [0.25, 0.3) is 23.3 Å². The standard InChI is InChI=1S/C19H18FNO2.C19H20N2O2/c1-11(2)14-8-12(4-7-18(14)23-3)9-16-15-10-13(20)5-6-17(15)21-19(16)22;1-11(2)15-9-13(12(3)8-17(15)23-4)10-16-14-6-5-7-20-18(14)21-19(16)22/h4-11H,1-3H3,(H,21,22);5-11H,1-4H3,(H,20,21,22). The Hall–Kier alpha value is -5.24. The molecular weight excluding hydrogens is 581 g/mol. The molecule has 0 unspecified atom stereocenters. The molecule has 0 aliphatic carbocycles. The molecule has 0 atom stereocenters. The van der Waals surface area contributed by atoms with E-state index in [0.29, 0.717) is 40.1 Å². The largest absolute Gasteiger partial charge is 0.496 e. The summed E-state index contributed by atoms with van der Waals surface area (Å²) >= 11 is 0. The molecule has 6 rings (SSSR count). The minimum absolute atomic E-state index is 0.111. The summed E-state index contributed by atoms with van der Waals surface area (Å²) in [5, 5.41) is 5.56. The van der Waals surface area contributed by atoms with Crippen molar-refractivity contribution in [1.82, 2.24) is 4.98 Å². The summed E-state index contributed by atoms with van der Waals surface area (Å²) in [5.74, 6) is 2.29. The number of carbonyl (C=O) groups is 2. The van der Waals surface area contributed by atoms with Crippen molar-refractivity contribution in [3.8, 4) is 11.5 Å². The molecule has 3 aromatic carbocycles. The van der Waals surface area contributed by atoms with Crippen molar-refractivity contribution in [2.75, 3.05) is 24.9 Å². The second-order valence-electron chi connectivity index (χ2n) is 11.9. The Morgan fingerprint density at radius 3 is 2.13 bits per heavy atom. The van der Waals surface area contributed by atoms with E-state index in [-0.39, 0.29) is 17.6 Å². The second kappa shape index (κ2) is 13.4. The van der Waals surface area contributed by atoms with E-state index in [4.69, 9.17) is 9.47 Å². The van der Waals surface area contributed by atoms with Gasteiger partial charge in [0.1, 0.15) is 23.1 Å². The number of pyridine rings is 1. The van der Waals surface area contributed by atoms with Gasteiger partial charge in [-0.25, -0.2) is 9.37 Å². The summed E-state index contributed by atoms with van der Waals surface area (Å²) in [4.78, 5) is 28.6. The van der Waals surface area contributed by atoms with Crippen LogP contribution in [0.4, 0.5) is 15.9 Å². The van der Waals surface area contributed by atoms with Gasteiger partial charge < -0.3 is 20.1 Å². The maximum absolute atomic E-state index is 13.5. The third-order valence-corrected chi connectivity index (χ3v) is 8.07. The molecule has 46 heavy (non-hydrogen) atoms. The molecule has 0 radical (unpaired) electrons. The van der Waals surface area contributed by atoms with Gasteiger partial charge in [0.2, 0.25) is 0 Å². The van der Waals surface area contributed by atoms with Crippen LogP contribution in [0, 0.1) is 12.7 Å². The highest BCUT2D eigenvalue weighted by molar-refractivity contribution is 6.35. The summed E-state index contributed by atoms with van der Waals surface area (Å²) in [7, 11) is 3.33. The summed E-state index contributed by atoms with van der Waals surface area (Å²) in [6.07, 6.45) is 5.40. The first-order chi connectivity index (χ1) is 22.0. The quantitative estimate of drug-likeness (QED) is 0.211. The predicted molar refractivity (Wildman–Crippen MR) is 183 cm³/mol. The van der Waals surface area contributed by atoms with E-state index in [0.717, 1.165) is 44.9 Å². The second-order valence-corrected chi connectivity index (χ2v) is 11.9. The third kappa shape index (κ3) is 6.56. The van der Waals surface area contributed by atoms with Gasteiger partial charge in [0.15, 0.2) is 0 Å². The van der Waals surface area contributed by atoms with Gasteiger partial charge in [-0.2, -0.15) is 0 Å². The normalized spacial score (nSPS) is 15.0. The van der Waals surface area contributed by atoms with Gasteiger partial charge in [-0.3, -0.25) is 9.59 Å². The Balaban J connectivity index is 0.000000181. The van der Waals surface area contributed by atoms with Crippen molar-refractivity contribution >= 4 is 46.6 Å². The molecule has 0 saturated carbocycles. The van der Waals surface area contributed by atoms with Gasteiger partial charge in [-0.1, -0.05) is 33.8 Å². The van der Waals surface area contributed by atoms with Gasteiger partial charge in [0.05, 0.1) is 19.8 Å². The number of benzene rings is 3. The zero-order valence-corrected chi connectivity index (χ0v) is 27.1. The highest BCUT2D eigenvalue weighted by Gasteiger charge is 2.26. The zero-order valence-electron chi connectivity index (χ0n) is 27.1. The van der Waals surface area contributed by atoms with E-state index in [1.54, 1.807) is 32.6 Å². The van der Waals surface area contributed by atoms with Crippen LogP contribution >= 0.6 is 0 Å². The molecule has 1 aromatic heterocycles. The number of ether oxygens (including phenoxy) is 2. The summed E-state index contributed by atoms with van der Waals surface area (Å²) in [6, 6.07) is 18.0. The van der Waals surface area contributed by atoms with Crippen LogP contribution in [0.1, 0.15) is 78.5 Å². The fraction of sp³-hybridized carbons (Fsp3) is 0.237. The van der Waals surface area contributed by atoms with Gasteiger partial charge in [0, 0.05) is 28.6 Å². The average Bonchev–Trinajstić information content (AvgIpc) is 3.52. The van der Waals surface area contributed by atoms with Crippen LogP contribution in [0.3, 0.4) is 0 Å². The topological polar surface area (TPSA) is 89.6 Å². The minimum atomic E-state index is -0.358. The predicted octanol–water partition coefficient (Wildman–Crippen LogP) is 8.47. The lowest BCUT2D eigenvalue weighted by Gasteiger charge is -2.15. The molecule has 8 heteroatoms. The van der Waals surface area contributed by atoms with Crippen LogP contribution in [-0.4, -0.2) is 31.0 Å². The summed E-state index contributed by atoms with van der Waals surface area (Å²) in [6.45, 7) is 10.5. The molecule has 3 heterocycles. The van der Waals surface area contributed by atoms with Gasteiger partial charge in [0.25, 0.3) is 11.8 Å². The number of amides is 2. The van der Waals surface area contributed by atoms with Gasteiger partial charge in [-0.15, -0.1) is 0 Å². The smallest absolute Gasteiger partial charge is 0.257 e. The fourth-order valence-corrected chi connectivity index (χ4v) is 5.58. The lowest BCUT2D eigenvalue weighted by molar-refractivity contribution is -0.111. The van der Waals surface area contributed by atoms with E-state index < -0.39 is 0 Å². The monoisotopic (exact) mass is 619 g/mol. The number of nitrogens with zero attached hydrogens (tertiary/aromatic N) is 1. The Morgan fingerprint density at radius 1 is 0.761 bits per heavy atom. The fourth-order valence-electron chi connectivity index (χ4n) is 5.58. The van der Waals surface area contributed by atoms with Crippen LogP contribution in [0.2, 0.25) is 0 Å². The van der Waals surface area contributed by atoms with Crippen LogP contribution < -0.4 is 20.1 Å². The first kappa shape index (κ1) is 32.2. The van der Waals surface area contributed by atoms with E-state index in [2.05, 4.69) is 49.4 Å². The third-order valence-electron chi connectivity index (χ3n) is 8.07. The molecule has 2 N–H and O–H groups in total. The average molecular weight is 620 g/mol. The Bertz CT molecular complexity index is 1890. The van der Waals surface area contributed by atoms with Crippen molar-refractivity contribution < 1.29 is 23.5 Å². The first-order valence-corrected chi connectivity index (χ1v) is 15.2. The maximum atomic E-state index is 13.5. The van der Waals surface area contributed by atoms with Crippen molar-refractivity contribution in [2.24, 2.45) is 0 Å². The number of anilines is 2. The van der Waals surface area contributed by atoms with Crippen molar-refractivity contribution in [1.29, 1.82) is 0 Å². The highest BCUT2D eigenvalue weighted by Crippen LogP contribution is 2.36. The van der Waals surface area contributed by atoms with E-state index in [1.165, 1.54) is 12.1 Å². The van der Waals surface area contributed by atoms with E-state index in [1.807, 2.05) is 49.4 Å². The van der Waals surface area contributed by atoms with E-state index in [9.17, 15) is 14.0 Å². The molecule has 2 aliphatic heterocycles. The molecule has 0 saturated heterocycles. The Morgan fingerprint density at radius 2 is 1.43 bits per heavy atom. The van der Waals surface area contributed by atoms with Crippen molar-refractivity contribution in [3.05, 3.63) is 112 Å². The molecule has 2 amide bonds. The molecule has 7 nitrogen and oxygen atoms in total. The van der Waals surface area contributed by atoms with Crippen molar-refractivity contribution in [3.63, 3.8) is 0 Å². The molecule has 0 spiro atoms. The summed E-state index contributed by atoms with van der Waals surface area (Å²) in [5.41, 5.74) is 8.39. The SMILES string of the molecule is COc1cc(C)c(C=C2C(=O)Nc3ncccc32)cc1C(C)C.COc1ccc(C=C2C(=O)Nc3ccc(F)cc32)cc1C(C)C. The van der Waals surface area contributed by atoms with Gasteiger partial charge >= 0.3 is 0 Å².